The average Bonchev–Trinajstić information content (AvgIpc) is 2.77. The largest absolute Gasteiger partial charge is 0.497 e. The third-order valence-electron chi connectivity index (χ3n) is 4.82. The average molecular weight is 454 g/mol. The van der Waals surface area contributed by atoms with Gasteiger partial charge in [-0.25, -0.2) is 4.79 Å². The Morgan fingerprint density at radius 2 is 1.67 bits per heavy atom. The normalized spacial score (nSPS) is 12.5. The van der Waals surface area contributed by atoms with E-state index in [-0.39, 0.29) is 5.97 Å². The molecule has 0 aliphatic carbocycles. The van der Waals surface area contributed by atoms with Crippen molar-refractivity contribution in [3.05, 3.63) is 77.9 Å². The summed E-state index contributed by atoms with van der Waals surface area (Å²) in [7, 11) is 1.62. The predicted molar refractivity (Wildman–Crippen MR) is 129 cm³/mol. The summed E-state index contributed by atoms with van der Waals surface area (Å²) in [6, 6.07) is 17.0. The lowest BCUT2D eigenvalue weighted by atomic mass is 10.0. The van der Waals surface area contributed by atoms with E-state index in [2.05, 4.69) is 0 Å². The van der Waals surface area contributed by atoms with E-state index in [9.17, 15) is 9.59 Å². The summed E-state index contributed by atoms with van der Waals surface area (Å²) < 4.78 is 16.0. The van der Waals surface area contributed by atoms with Crippen LogP contribution in [0.5, 0.6) is 5.75 Å². The monoisotopic (exact) mass is 453 g/mol. The van der Waals surface area contributed by atoms with Gasteiger partial charge in [-0.1, -0.05) is 48.5 Å². The number of rotatable bonds is 11. The molecule has 0 aliphatic heterocycles. The van der Waals surface area contributed by atoms with Gasteiger partial charge in [0.15, 0.2) is 0 Å². The summed E-state index contributed by atoms with van der Waals surface area (Å²) >= 11 is 0. The van der Waals surface area contributed by atoms with E-state index >= 15 is 0 Å². The van der Waals surface area contributed by atoms with Gasteiger partial charge in [0.2, 0.25) is 0 Å². The van der Waals surface area contributed by atoms with Crippen LogP contribution in [0.2, 0.25) is 0 Å². The van der Waals surface area contributed by atoms with E-state index in [1.54, 1.807) is 20.1 Å². The number of hydrogen-bond donors (Lipinski definition) is 0. The molecule has 6 heteroatoms. The number of hydrogen-bond acceptors (Lipinski definition) is 6. The quantitative estimate of drug-likeness (QED) is 0.367. The van der Waals surface area contributed by atoms with Gasteiger partial charge >= 0.3 is 11.9 Å². The van der Waals surface area contributed by atoms with Crippen LogP contribution in [0.1, 0.15) is 38.8 Å². The molecule has 0 radical (unpaired) electrons. The highest BCUT2D eigenvalue weighted by molar-refractivity contribution is 5.82. The molecule has 0 amide bonds. The summed E-state index contributed by atoms with van der Waals surface area (Å²) in [4.78, 5) is 27.1. The minimum Gasteiger partial charge on any atom is -0.497 e. The highest BCUT2D eigenvalue weighted by atomic mass is 16.6. The van der Waals surface area contributed by atoms with Crippen LogP contribution in [-0.4, -0.2) is 48.7 Å². The number of carbonyl (C=O) groups is 2. The van der Waals surface area contributed by atoms with Crippen molar-refractivity contribution < 1.29 is 23.8 Å². The van der Waals surface area contributed by atoms with E-state index in [1.807, 2.05) is 80.3 Å². The second-order valence-corrected chi connectivity index (χ2v) is 8.67. The fourth-order valence-corrected chi connectivity index (χ4v) is 3.32. The first-order valence-corrected chi connectivity index (χ1v) is 11.2. The second-order valence-electron chi connectivity index (χ2n) is 8.67. The molecule has 0 fully saturated rings. The number of methoxy groups -OCH3 is 1. The number of ether oxygens (including phenoxy) is 3. The molecule has 0 spiro atoms. The molecule has 0 aromatic heterocycles. The molecule has 2 aromatic carbocycles. The Kier molecular flexibility index (Phi) is 10.1. The maximum absolute atomic E-state index is 13.0. The van der Waals surface area contributed by atoms with Gasteiger partial charge < -0.3 is 14.2 Å². The molecule has 0 bridgehead atoms. The third-order valence-corrected chi connectivity index (χ3v) is 4.82. The summed E-state index contributed by atoms with van der Waals surface area (Å²) in [6.07, 6.45) is 3.64. The van der Waals surface area contributed by atoms with Crippen LogP contribution in [0.4, 0.5) is 0 Å². The van der Waals surface area contributed by atoms with Crippen LogP contribution < -0.4 is 4.74 Å². The minimum absolute atomic E-state index is 0.291. The topological polar surface area (TPSA) is 65.1 Å². The molecule has 0 saturated carbocycles. The first kappa shape index (κ1) is 26.1. The summed E-state index contributed by atoms with van der Waals surface area (Å²) in [5.74, 6) is 0.0597. The van der Waals surface area contributed by atoms with Crippen molar-refractivity contribution in [1.29, 1.82) is 0 Å². The fourth-order valence-electron chi connectivity index (χ4n) is 3.32. The lowest BCUT2D eigenvalue weighted by molar-refractivity contribution is -0.149. The first-order chi connectivity index (χ1) is 15.7. The molecule has 33 heavy (non-hydrogen) atoms. The third kappa shape index (κ3) is 9.49. The van der Waals surface area contributed by atoms with E-state index in [4.69, 9.17) is 14.2 Å². The van der Waals surface area contributed by atoms with Gasteiger partial charge in [0.05, 0.1) is 13.7 Å². The number of carbonyl (C=O) groups excluding carboxylic acids is 2. The number of benzene rings is 2. The molecule has 0 N–H and O–H groups in total. The van der Waals surface area contributed by atoms with Gasteiger partial charge in [-0.3, -0.25) is 9.69 Å². The summed E-state index contributed by atoms with van der Waals surface area (Å²) in [5.41, 5.74) is 1.49. The zero-order valence-corrected chi connectivity index (χ0v) is 20.2. The SMILES string of the molecule is CCOC(=O)[C@H](Cc1ccccc1)N(C/C=C/C(=O)OC(C)(C)C)Cc1ccc(OC)cc1. The van der Waals surface area contributed by atoms with Crippen molar-refractivity contribution in [1.82, 2.24) is 4.90 Å². The summed E-state index contributed by atoms with van der Waals surface area (Å²) in [5, 5.41) is 0. The maximum atomic E-state index is 13.0. The van der Waals surface area contributed by atoms with E-state index in [0.29, 0.717) is 26.1 Å². The Bertz CT molecular complexity index is 900. The van der Waals surface area contributed by atoms with Gasteiger partial charge in [0.25, 0.3) is 0 Å². The van der Waals surface area contributed by atoms with E-state index in [1.165, 1.54) is 6.08 Å². The molecular weight excluding hydrogens is 418 g/mol. The molecule has 0 saturated heterocycles. The number of nitrogens with zero attached hydrogens (tertiary/aromatic N) is 1. The van der Waals surface area contributed by atoms with Crippen molar-refractivity contribution in [2.45, 2.75) is 52.3 Å². The Labute approximate surface area is 197 Å². The predicted octanol–water partition coefficient (Wildman–Crippen LogP) is 4.57. The van der Waals surface area contributed by atoms with Crippen LogP contribution in [0.15, 0.2) is 66.7 Å². The molecule has 2 aromatic rings. The Hall–Kier alpha value is -3.12. The van der Waals surface area contributed by atoms with Crippen LogP contribution in [0.25, 0.3) is 0 Å². The van der Waals surface area contributed by atoms with Crippen LogP contribution >= 0.6 is 0 Å². The van der Waals surface area contributed by atoms with Crippen molar-refractivity contribution in [2.75, 3.05) is 20.3 Å². The molecule has 0 aliphatic rings. The molecule has 0 unspecified atom stereocenters. The van der Waals surface area contributed by atoms with Gasteiger partial charge in [-0.15, -0.1) is 0 Å². The van der Waals surface area contributed by atoms with Gasteiger partial charge in [-0.2, -0.15) is 0 Å². The Balaban J connectivity index is 2.28. The van der Waals surface area contributed by atoms with Gasteiger partial charge in [0, 0.05) is 19.2 Å². The lowest BCUT2D eigenvalue weighted by Crippen LogP contribution is -2.43. The molecular formula is C27H35NO5. The van der Waals surface area contributed by atoms with Crippen LogP contribution in [0, 0.1) is 0 Å². The molecule has 178 valence electrons. The fraction of sp³-hybridized carbons (Fsp3) is 0.407. The summed E-state index contributed by atoms with van der Waals surface area (Å²) in [6.45, 7) is 8.45. The second kappa shape index (κ2) is 12.8. The minimum atomic E-state index is -0.565. The smallest absolute Gasteiger partial charge is 0.330 e. The van der Waals surface area contributed by atoms with E-state index in [0.717, 1.165) is 16.9 Å². The zero-order valence-electron chi connectivity index (χ0n) is 20.2. The van der Waals surface area contributed by atoms with Crippen molar-refractivity contribution >= 4 is 11.9 Å². The molecule has 2 rings (SSSR count). The van der Waals surface area contributed by atoms with E-state index < -0.39 is 17.6 Å². The van der Waals surface area contributed by atoms with Gasteiger partial charge in [0.1, 0.15) is 17.4 Å². The zero-order chi connectivity index (χ0) is 24.3. The first-order valence-electron chi connectivity index (χ1n) is 11.2. The lowest BCUT2D eigenvalue weighted by Gasteiger charge is -2.29. The Morgan fingerprint density at radius 3 is 2.24 bits per heavy atom. The maximum Gasteiger partial charge on any atom is 0.330 e. The van der Waals surface area contributed by atoms with Crippen molar-refractivity contribution in [3.8, 4) is 5.75 Å². The van der Waals surface area contributed by atoms with Crippen LogP contribution in [0.3, 0.4) is 0 Å². The van der Waals surface area contributed by atoms with Crippen molar-refractivity contribution in [2.24, 2.45) is 0 Å². The highest BCUT2D eigenvalue weighted by Crippen LogP contribution is 2.18. The molecule has 0 heterocycles. The highest BCUT2D eigenvalue weighted by Gasteiger charge is 2.27. The Morgan fingerprint density at radius 1 is 1.00 bits per heavy atom. The standard InChI is InChI=1S/C27H35NO5/c1-6-32-26(30)24(19-21-11-8-7-9-12-21)28(18-10-13-25(29)33-27(2,3)4)20-22-14-16-23(31-5)17-15-22/h7-17,24H,6,18-20H2,1-5H3/b13-10+/t24-/m0/s1. The van der Waals surface area contributed by atoms with Crippen molar-refractivity contribution in [3.63, 3.8) is 0 Å². The van der Waals surface area contributed by atoms with Gasteiger partial charge in [-0.05, 0) is 57.4 Å². The molecule has 6 nitrogen and oxygen atoms in total. The molecule has 1 atom stereocenters. The van der Waals surface area contributed by atoms with Crippen LogP contribution in [-0.2, 0) is 32.0 Å². The number of esters is 2.